The number of ether oxygens (including phenoxy) is 2. The van der Waals surface area contributed by atoms with Gasteiger partial charge in [0.05, 0.1) is 0 Å². The second kappa shape index (κ2) is 3.21. The average molecular weight is 193 g/mol. The van der Waals surface area contributed by atoms with Crippen LogP contribution in [0.1, 0.15) is 6.92 Å². The van der Waals surface area contributed by atoms with Crippen molar-refractivity contribution in [3.63, 3.8) is 0 Å². The molecule has 2 rings (SSSR count). The number of benzene rings is 1. The average Bonchev–Trinajstić information content (AvgIpc) is 2.16. The number of carbonyl (C=O) groups excluding carboxylic acids is 1. The normalized spacial score (nSPS) is 24.4. The van der Waals surface area contributed by atoms with E-state index in [-0.39, 0.29) is 6.10 Å². The number of carbonyl (C=O) groups is 1. The molecule has 0 saturated heterocycles. The maximum absolute atomic E-state index is 11.0. The molecule has 0 aliphatic carbocycles. The van der Waals surface area contributed by atoms with E-state index in [1.807, 2.05) is 12.1 Å². The molecular weight excluding hydrogens is 182 g/mol. The van der Waals surface area contributed by atoms with Gasteiger partial charge in [-0.2, -0.15) is 0 Å². The molecule has 0 aromatic heterocycles. The minimum absolute atomic E-state index is 0.345. The van der Waals surface area contributed by atoms with E-state index < -0.39 is 12.0 Å². The van der Waals surface area contributed by atoms with Crippen LogP contribution in [-0.2, 0) is 4.79 Å². The van der Waals surface area contributed by atoms with E-state index in [0.717, 1.165) is 0 Å². The Bertz CT molecular complexity index is 364. The van der Waals surface area contributed by atoms with E-state index in [4.69, 9.17) is 15.2 Å². The third-order valence-electron chi connectivity index (χ3n) is 2.12. The lowest BCUT2D eigenvalue weighted by atomic mass is 10.2. The van der Waals surface area contributed by atoms with Gasteiger partial charge in [0.2, 0.25) is 6.10 Å². The molecule has 14 heavy (non-hydrogen) atoms. The largest absolute Gasteiger partial charge is 0.482 e. The Balaban J connectivity index is 2.31. The fraction of sp³-hybridized carbons (Fsp3) is 0.300. The van der Waals surface area contributed by atoms with Gasteiger partial charge in [-0.3, -0.25) is 4.79 Å². The minimum atomic E-state index is -0.704. The zero-order valence-corrected chi connectivity index (χ0v) is 7.77. The molecule has 4 nitrogen and oxygen atoms in total. The summed E-state index contributed by atoms with van der Waals surface area (Å²) in [7, 11) is 0. The molecule has 2 N–H and O–H groups in total. The zero-order valence-electron chi connectivity index (χ0n) is 7.77. The summed E-state index contributed by atoms with van der Waals surface area (Å²) in [5.74, 6) is 0.707. The molecule has 0 spiro atoms. The number of para-hydroxylation sites is 2. The minimum Gasteiger partial charge on any atom is -0.482 e. The van der Waals surface area contributed by atoms with Gasteiger partial charge in [-0.25, -0.2) is 0 Å². The maximum atomic E-state index is 11.0. The van der Waals surface area contributed by atoms with E-state index in [1.54, 1.807) is 19.1 Å². The third-order valence-corrected chi connectivity index (χ3v) is 2.12. The Morgan fingerprint density at radius 2 is 1.86 bits per heavy atom. The number of nitrogens with two attached hydrogens (primary N) is 1. The van der Waals surface area contributed by atoms with Crippen molar-refractivity contribution in [2.24, 2.45) is 5.73 Å². The highest BCUT2D eigenvalue weighted by Gasteiger charge is 2.32. The van der Waals surface area contributed by atoms with Crippen molar-refractivity contribution in [1.82, 2.24) is 0 Å². The summed E-state index contributed by atoms with van der Waals surface area (Å²) in [4.78, 5) is 11.0. The van der Waals surface area contributed by atoms with Crippen molar-refractivity contribution in [2.45, 2.75) is 19.1 Å². The third kappa shape index (κ3) is 1.39. The Morgan fingerprint density at radius 3 is 2.43 bits per heavy atom. The van der Waals surface area contributed by atoms with Crippen molar-refractivity contribution >= 4 is 5.91 Å². The van der Waals surface area contributed by atoms with E-state index in [9.17, 15) is 4.79 Å². The van der Waals surface area contributed by atoms with Gasteiger partial charge in [0.15, 0.2) is 11.5 Å². The van der Waals surface area contributed by atoms with E-state index in [0.29, 0.717) is 11.5 Å². The molecule has 2 atom stereocenters. The number of rotatable bonds is 1. The molecule has 4 heteroatoms. The predicted octanol–water partition coefficient (Wildman–Crippen LogP) is 0.700. The molecule has 0 saturated carbocycles. The zero-order chi connectivity index (χ0) is 10.1. The van der Waals surface area contributed by atoms with Crippen LogP contribution in [0, 0.1) is 0 Å². The highest BCUT2D eigenvalue weighted by molar-refractivity contribution is 5.80. The van der Waals surface area contributed by atoms with Crippen LogP contribution in [0.2, 0.25) is 0 Å². The molecular formula is C10H11NO3. The fourth-order valence-corrected chi connectivity index (χ4v) is 1.43. The first-order valence-corrected chi connectivity index (χ1v) is 4.40. The summed E-state index contributed by atoms with van der Waals surface area (Å²) in [6, 6.07) is 7.20. The van der Waals surface area contributed by atoms with Crippen LogP contribution in [0.15, 0.2) is 24.3 Å². The number of hydrogen-bond donors (Lipinski definition) is 1. The summed E-state index contributed by atoms with van der Waals surface area (Å²) < 4.78 is 10.9. The number of primary amides is 1. The van der Waals surface area contributed by atoms with Gasteiger partial charge >= 0.3 is 0 Å². The molecule has 0 fully saturated rings. The Morgan fingerprint density at radius 1 is 1.29 bits per heavy atom. The summed E-state index contributed by atoms with van der Waals surface area (Å²) in [6.07, 6.45) is -1.05. The van der Waals surface area contributed by atoms with Gasteiger partial charge in [0.25, 0.3) is 5.91 Å². The van der Waals surface area contributed by atoms with Crippen LogP contribution < -0.4 is 15.2 Å². The monoisotopic (exact) mass is 193 g/mol. The molecule has 0 unspecified atom stereocenters. The standard InChI is InChI=1S/C10H11NO3/c1-6-9(10(11)12)14-8-5-3-2-4-7(8)13-6/h2-6,9H,1H3,(H2,11,12)/t6-,9-/m1/s1. The van der Waals surface area contributed by atoms with Crippen LogP contribution in [-0.4, -0.2) is 18.1 Å². The van der Waals surface area contributed by atoms with Crippen LogP contribution in [0.4, 0.5) is 0 Å². The van der Waals surface area contributed by atoms with E-state index in [1.165, 1.54) is 0 Å². The first kappa shape index (κ1) is 8.87. The first-order valence-electron chi connectivity index (χ1n) is 4.40. The fourth-order valence-electron chi connectivity index (χ4n) is 1.43. The van der Waals surface area contributed by atoms with Gasteiger partial charge in [-0.1, -0.05) is 12.1 Å². The van der Waals surface area contributed by atoms with Gasteiger partial charge in [0.1, 0.15) is 6.10 Å². The van der Waals surface area contributed by atoms with E-state index in [2.05, 4.69) is 0 Å². The van der Waals surface area contributed by atoms with Gasteiger partial charge < -0.3 is 15.2 Å². The van der Waals surface area contributed by atoms with Crippen LogP contribution in [0.25, 0.3) is 0 Å². The predicted molar refractivity (Wildman–Crippen MR) is 50.1 cm³/mol. The number of fused-ring (bicyclic) bond motifs is 1. The van der Waals surface area contributed by atoms with Crippen molar-refractivity contribution in [2.75, 3.05) is 0 Å². The summed E-state index contributed by atoms with van der Waals surface area (Å²) in [5, 5.41) is 0. The summed E-state index contributed by atoms with van der Waals surface area (Å²) in [5.41, 5.74) is 5.17. The topological polar surface area (TPSA) is 61.6 Å². The second-order valence-corrected chi connectivity index (χ2v) is 3.21. The SMILES string of the molecule is C[C@H]1Oc2ccccc2O[C@H]1C(N)=O. The molecule has 1 heterocycles. The molecule has 0 bridgehead atoms. The molecule has 1 aliphatic heterocycles. The maximum Gasteiger partial charge on any atom is 0.262 e. The highest BCUT2D eigenvalue weighted by Crippen LogP contribution is 2.33. The highest BCUT2D eigenvalue weighted by atomic mass is 16.6. The quantitative estimate of drug-likeness (QED) is 0.714. The molecule has 74 valence electrons. The van der Waals surface area contributed by atoms with Crippen LogP contribution in [0.3, 0.4) is 0 Å². The molecule has 1 aromatic carbocycles. The van der Waals surface area contributed by atoms with Crippen molar-refractivity contribution in [3.05, 3.63) is 24.3 Å². The molecule has 1 amide bonds. The van der Waals surface area contributed by atoms with Crippen LogP contribution in [0.5, 0.6) is 11.5 Å². The van der Waals surface area contributed by atoms with Gasteiger partial charge in [-0.05, 0) is 19.1 Å². The van der Waals surface area contributed by atoms with E-state index >= 15 is 0 Å². The Kier molecular flexibility index (Phi) is 2.04. The smallest absolute Gasteiger partial charge is 0.262 e. The second-order valence-electron chi connectivity index (χ2n) is 3.21. The number of hydrogen-bond acceptors (Lipinski definition) is 3. The lowest BCUT2D eigenvalue weighted by Gasteiger charge is -2.29. The Labute approximate surface area is 81.6 Å². The van der Waals surface area contributed by atoms with Crippen molar-refractivity contribution in [1.29, 1.82) is 0 Å². The lowest BCUT2D eigenvalue weighted by Crippen LogP contribution is -2.46. The molecule has 1 aliphatic rings. The first-order chi connectivity index (χ1) is 6.68. The van der Waals surface area contributed by atoms with Gasteiger partial charge in [0, 0.05) is 0 Å². The van der Waals surface area contributed by atoms with Crippen LogP contribution >= 0.6 is 0 Å². The van der Waals surface area contributed by atoms with Crippen molar-refractivity contribution < 1.29 is 14.3 Å². The summed E-state index contributed by atoms with van der Waals surface area (Å²) in [6.45, 7) is 1.76. The van der Waals surface area contributed by atoms with Gasteiger partial charge in [-0.15, -0.1) is 0 Å². The lowest BCUT2D eigenvalue weighted by molar-refractivity contribution is -0.130. The molecule has 0 radical (unpaired) electrons. The molecule has 1 aromatic rings. The summed E-state index contributed by atoms with van der Waals surface area (Å²) >= 11 is 0. The van der Waals surface area contributed by atoms with Crippen molar-refractivity contribution in [3.8, 4) is 11.5 Å². The Hall–Kier alpha value is -1.71. The number of amides is 1.